The van der Waals surface area contributed by atoms with Crippen molar-refractivity contribution in [3.8, 4) is 0 Å². The summed E-state index contributed by atoms with van der Waals surface area (Å²) in [6.45, 7) is 0. The van der Waals surface area contributed by atoms with E-state index in [0.29, 0.717) is 5.69 Å². The fourth-order valence-electron chi connectivity index (χ4n) is 1.14. The number of rotatable bonds is 2. The third kappa shape index (κ3) is 2.76. The Labute approximate surface area is 102 Å². The third-order valence-electron chi connectivity index (χ3n) is 1.90. The molecule has 17 heavy (non-hydrogen) atoms. The van der Waals surface area contributed by atoms with Crippen LogP contribution in [0.25, 0.3) is 0 Å². The molecule has 1 aromatic heterocycles. The minimum Gasteiger partial charge on any atom is -0.411 e. The van der Waals surface area contributed by atoms with Crippen LogP contribution in [0.1, 0.15) is 5.56 Å². The summed E-state index contributed by atoms with van der Waals surface area (Å²) in [5.74, 6) is 0. The molecule has 1 N–H and O–H groups in total. The number of benzene rings is 1. The first-order chi connectivity index (χ1) is 7.97. The summed E-state index contributed by atoms with van der Waals surface area (Å²) >= 11 is 3.03. The van der Waals surface area contributed by atoms with Gasteiger partial charge < -0.3 is 9.73 Å². The van der Waals surface area contributed by atoms with Gasteiger partial charge in [-0.2, -0.15) is 13.2 Å². The smallest absolute Gasteiger partial charge is 0.411 e. The molecule has 0 aliphatic carbocycles. The third-order valence-corrected chi connectivity index (χ3v) is 2.55. The van der Waals surface area contributed by atoms with E-state index in [1.807, 2.05) is 0 Å². The van der Waals surface area contributed by atoms with Crippen molar-refractivity contribution in [2.45, 2.75) is 6.18 Å². The summed E-state index contributed by atoms with van der Waals surface area (Å²) in [4.78, 5) is 0. The van der Waals surface area contributed by atoms with E-state index in [1.165, 1.54) is 6.07 Å². The van der Waals surface area contributed by atoms with Crippen molar-refractivity contribution in [2.24, 2.45) is 0 Å². The van der Waals surface area contributed by atoms with Gasteiger partial charge in [0.05, 0.1) is 11.3 Å². The first kappa shape index (κ1) is 11.9. The molecule has 1 aromatic carbocycles. The number of hydrogen-bond acceptors (Lipinski definition) is 4. The highest BCUT2D eigenvalue weighted by Crippen LogP contribution is 2.34. The van der Waals surface area contributed by atoms with Gasteiger partial charge in [-0.05, 0) is 34.1 Å². The summed E-state index contributed by atoms with van der Waals surface area (Å²) in [5.41, 5.74) is -0.331. The van der Waals surface area contributed by atoms with E-state index >= 15 is 0 Å². The fourth-order valence-corrected chi connectivity index (χ4v) is 1.61. The first-order valence-corrected chi connectivity index (χ1v) is 5.16. The van der Waals surface area contributed by atoms with Gasteiger partial charge in [0.2, 0.25) is 6.39 Å². The zero-order chi connectivity index (χ0) is 12.5. The summed E-state index contributed by atoms with van der Waals surface area (Å²) in [6, 6.07) is 3.31. The van der Waals surface area contributed by atoms with Crippen LogP contribution in [-0.4, -0.2) is 10.2 Å². The number of nitrogens with zero attached hydrogens (tertiary/aromatic N) is 2. The Morgan fingerprint density at radius 2 is 2.06 bits per heavy atom. The summed E-state index contributed by atoms with van der Waals surface area (Å²) < 4.78 is 42.3. The van der Waals surface area contributed by atoms with E-state index in [0.717, 1.165) is 18.5 Å². The normalized spacial score (nSPS) is 11.5. The van der Waals surface area contributed by atoms with Crippen LogP contribution >= 0.6 is 15.9 Å². The van der Waals surface area contributed by atoms with Crippen LogP contribution in [0.5, 0.6) is 0 Å². The molecule has 90 valence electrons. The summed E-state index contributed by atoms with van der Waals surface area (Å²) in [5, 5.41) is 9.66. The molecule has 0 amide bonds. The molecule has 0 saturated carbocycles. The van der Waals surface area contributed by atoms with Gasteiger partial charge in [0.25, 0.3) is 0 Å². The standard InChI is InChI=1S/C9H5BrF3N3O/c10-6-3-5(9(11,12)13)1-2-7(6)15-8-16-14-4-17-8/h1-4H,(H,15,16). The second-order valence-corrected chi connectivity index (χ2v) is 3.92. The van der Waals surface area contributed by atoms with Crippen LogP contribution in [0.3, 0.4) is 0 Å². The molecule has 2 aromatic rings. The highest BCUT2D eigenvalue weighted by atomic mass is 79.9. The van der Waals surface area contributed by atoms with Crippen molar-refractivity contribution < 1.29 is 17.6 Å². The van der Waals surface area contributed by atoms with E-state index in [-0.39, 0.29) is 10.5 Å². The van der Waals surface area contributed by atoms with Gasteiger partial charge in [-0.15, -0.1) is 5.10 Å². The highest BCUT2D eigenvalue weighted by molar-refractivity contribution is 9.10. The average Bonchev–Trinajstić information content (AvgIpc) is 2.72. The molecule has 1 heterocycles. The Hall–Kier alpha value is -1.57. The number of alkyl halides is 3. The number of anilines is 2. The number of halogens is 4. The van der Waals surface area contributed by atoms with E-state index in [9.17, 15) is 13.2 Å². The average molecular weight is 308 g/mol. The Morgan fingerprint density at radius 3 is 2.59 bits per heavy atom. The van der Waals surface area contributed by atoms with Crippen molar-refractivity contribution in [3.05, 3.63) is 34.6 Å². The predicted molar refractivity (Wildman–Crippen MR) is 56.7 cm³/mol. The molecule has 0 radical (unpaired) electrons. The minimum atomic E-state index is -4.37. The molecular weight excluding hydrogens is 303 g/mol. The maximum absolute atomic E-state index is 12.4. The minimum absolute atomic E-state index is 0.102. The maximum atomic E-state index is 12.4. The Balaban J connectivity index is 2.26. The van der Waals surface area contributed by atoms with Crippen molar-refractivity contribution >= 4 is 27.6 Å². The van der Waals surface area contributed by atoms with E-state index in [2.05, 4.69) is 31.4 Å². The second-order valence-electron chi connectivity index (χ2n) is 3.06. The molecule has 0 atom stereocenters. The molecular formula is C9H5BrF3N3O. The lowest BCUT2D eigenvalue weighted by Crippen LogP contribution is -2.05. The van der Waals surface area contributed by atoms with Crippen LogP contribution in [0.15, 0.2) is 33.5 Å². The van der Waals surface area contributed by atoms with Gasteiger partial charge in [-0.25, -0.2) is 0 Å². The monoisotopic (exact) mass is 307 g/mol. The molecule has 0 aliphatic heterocycles. The maximum Gasteiger partial charge on any atom is 0.416 e. The quantitative estimate of drug-likeness (QED) is 0.921. The second kappa shape index (κ2) is 4.36. The largest absolute Gasteiger partial charge is 0.416 e. The lowest BCUT2D eigenvalue weighted by molar-refractivity contribution is -0.137. The van der Waals surface area contributed by atoms with Crippen molar-refractivity contribution in [2.75, 3.05) is 5.32 Å². The van der Waals surface area contributed by atoms with E-state index < -0.39 is 11.7 Å². The molecule has 0 bridgehead atoms. The van der Waals surface area contributed by atoms with Crippen LogP contribution in [0.4, 0.5) is 24.9 Å². The predicted octanol–water partition coefficient (Wildman–Crippen LogP) is 3.59. The zero-order valence-electron chi connectivity index (χ0n) is 8.12. The van der Waals surface area contributed by atoms with Crippen LogP contribution in [0.2, 0.25) is 0 Å². The number of nitrogens with one attached hydrogen (secondary N) is 1. The fraction of sp³-hybridized carbons (Fsp3) is 0.111. The van der Waals surface area contributed by atoms with Gasteiger partial charge in [0.15, 0.2) is 0 Å². The molecule has 0 saturated heterocycles. The number of aromatic nitrogens is 2. The molecule has 4 nitrogen and oxygen atoms in total. The molecule has 0 unspecified atom stereocenters. The van der Waals surface area contributed by atoms with E-state index in [4.69, 9.17) is 4.42 Å². The van der Waals surface area contributed by atoms with Gasteiger partial charge >= 0.3 is 12.2 Å². The van der Waals surface area contributed by atoms with Crippen LogP contribution < -0.4 is 5.32 Å². The SMILES string of the molecule is FC(F)(F)c1ccc(Nc2nnco2)c(Br)c1. The molecule has 0 fully saturated rings. The Bertz CT molecular complexity index is 513. The number of hydrogen-bond donors (Lipinski definition) is 1. The molecule has 0 spiro atoms. The molecule has 8 heteroatoms. The van der Waals surface area contributed by atoms with Crippen molar-refractivity contribution in [3.63, 3.8) is 0 Å². The van der Waals surface area contributed by atoms with Gasteiger partial charge in [0, 0.05) is 4.47 Å². The van der Waals surface area contributed by atoms with Gasteiger partial charge in [-0.1, -0.05) is 5.10 Å². The molecule has 2 rings (SSSR count). The van der Waals surface area contributed by atoms with Crippen LogP contribution in [0, 0.1) is 0 Å². The Kier molecular flexibility index (Phi) is 3.05. The lowest BCUT2D eigenvalue weighted by atomic mass is 10.2. The Morgan fingerprint density at radius 1 is 1.29 bits per heavy atom. The zero-order valence-corrected chi connectivity index (χ0v) is 9.71. The van der Waals surface area contributed by atoms with Gasteiger partial charge in [-0.3, -0.25) is 0 Å². The summed E-state index contributed by atoms with van der Waals surface area (Å²) in [6.07, 6.45) is -3.26. The topological polar surface area (TPSA) is 51.0 Å². The van der Waals surface area contributed by atoms with Crippen molar-refractivity contribution in [1.82, 2.24) is 10.2 Å². The van der Waals surface area contributed by atoms with Crippen LogP contribution in [-0.2, 0) is 6.18 Å². The van der Waals surface area contributed by atoms with Gasteiger partial charge in [0.1, 0.15) is 0 Å². The lowest BCUT2D eigenvalue weighted by Gasteiger charge is -2.09. The molecule has 0 aliphatic rings. The van der Waals surface area contributed by atoms with Crippen molar-refractivity contribution in [1.29, 1.82) is 0 Å². The summed E-state index contributed by atoms with van der Waals surface area (Å²) in [7, 11) is 0. The van der Waals surface area contributed by atoms with E-state index in [1.54, 1.807) is 0 Å². The highest BCUT2D eigenvalue weighted by Gasteiger charge is 2.30. The first-order valence-electron chi connectivity index (χ1n) is 4.37.